The van der Waals surface area contributed by atoms with E-state index in [1.165, 1.54) is 0 Å². The Bertz CT molecular complexity index is 1010. The van der Waals surface area contributed by atoms with E-state index in [-0.39, 0.29) is 25.5 Å². The molecule has 0 bridgehead atoms. The fraction of sp³-hybridized carbons (Fsp3) is 0.375. The van der Waals surface area contributed by atoms with Crippen molar-refractivity contribution in [3.8, 4) is 11.1 Å². The summed E-state index contributed by atoms with van der Waals surface area (Å²) in [4.78, 5) is 35.2. The van der Waals surface area contributed by atoms with E-state index in [1.807, 2.05) is 48.5 Å². The normalized spacial score (nSPS) is 14.5. The van der Waals surface area contributed by atoms with Crippen LogP contribution < -0.4 is 10.6 Å². The fourth-order valence-corrected chi connectivity index (χ4v) is 4.01. The first kappa shape index (κ1) is 25.1. The largest absolute Gasteiger partial charge is 0.481 e. The molecule has 0 aliphatic heterocycles. The van der Waals surface area contributed by atoms with Crippen molar-refractivity contribution < 1.29 is 37.4 Å². The number of rotatable bonds is 9. The molecule has 10 heteroatoms. The molecule has 2 atom stereocenters. The number of hydrogen-bond donors (Lipinski definition) is 3. The van der Waals surface area contributed by atoms with Crippen LogP contribution in [-0.4, -0.2) is 48.4 Å². The molecule has 0 fully saturated rings. The van der Waals surface area contributed by atoms with Crippen molar-refractivity contribution in [3.05, 3.63) is 59.7 Å². The van der Waals surface area contributed by atoms with E-state index < -0.39 is 36.1 Å². The average molecular weight is 478 g/mol. The lowest BCUT2D eigenvalue weighted by molar-refractivity contribution is -0.167. The second-order valence-corrected chi connectivity index (χ2v) is 8.06. The zero-order valence-corrected chi connectivity index (χ0v) is 18.4. The number of aliphatic carboxylic acids is 1. The topological polar surface area (TPSA) is 105 Å². The van der Waals surface area contributed by atoms with Gasteiger partial charge in [-0.05, 0) is 28.2 Å². The zero-order chi connectivity index (χ0) is 24.9. The van der Waals surface area contributed by atoms with E-state index in [0.717, 1.165) is 22.3 Å². The van der Waals surface area contributed by atoms with Gasteiger partial charge in [0.25, 0.3) is 5.91 Å². The molecule has 3 N–H and O–H groups in total. The van der Waals surface area contributed by atoms with Crippen LogP contribution in [-0.2, 0) is 14.3 Å². The van der Waals surface area contributed by atoms with Gasteiger partial charge in [0.2, 0.25) is 6.04 Å². The first-order valence-electron chi connectivity index (χ1n) is 10.8. The van der Waals surface area contributed by atoms with Crippen molar-refractivity contribution in [2.24, 2.45) is 5.92 Å². The number of fused-ring (bicyclic) bond motifs is 3. The Morgan fingerprint density at radius 3 is 2.09 bits per heavy atom. The number of halogens is 3. The molecular formula is C24H25F3N2O5. The number of carbonyl (C=O) groups excluding carboxylic acids is 2. The highest BCUT2D eigenvalue weighted by Crippen LogP contribution is 2.44. The zero-order valence-electron chi connectivity index (χ0n) is 18.4. The van der Waals surface area contributed by atoms with Crippen LogP contribution in [0.1, 0.15) is 36.8 Å². The highest BCUT2D eigenvalue weighted by atomic mass is 19.4. The van der Waals surface area contributed by atoms with Crippen molar-refractivity contribution in [1.82, 2.24) is 10.6 Å². The Morgan fingerprint density at radius 2 is 1.59 bits per heavy atom. The number of nitrogens with one attached hydrogen (secondary N) is 2. The van der Waals surface area contributed by atoms with E-state index in [9.17, 15) is 27.6 Å². The lowest BCUT2D eigenvalue weighted by Gasteiger charge is -2.22. The summed E-state index contributed by atoms with van der Waals surface area (Å²) in [6.07, 6.45) is -6.39. The molecule has 1 aliphatic rings. The van der Waals surface area contributed by atoms with Gasteiger partial charge in [-0.15, -0.1) is 0 Å². The summed E-state index contributed by atoms with van der Waals surface area (Å²) >= 11 is 0. The number of carbonyl (C=O) groups is 3. The molecule has 2 aromatic carbocycles. The van der Waals surface area contributed by atoms with E-state index >= 15 is 0 Å². The van der Waals surface area contributed by atoms with Crippen molar-refractivity contribution >= 4 is 18.0 Å². The summed E-state index contributed by atoms with van der Waals surface area (Å²) in [7, 11) is 0. The molecule has 2 aromatic rings. The molecule has 1 aliphatic carbocycles. The first-order chi connectivity index (χ1) is 16.1. The quantitative estimate of drug-likeness (QED) is 0.504. The Hall–Kier alpha value is -3.56. The molecule has 0 heterocycles. The number of alkyl halides is 3. The molecule has 0 spiro atoms. The fourth-order valence-electron chi connectivity index (χ4n) is 4.01. The van der Waals surface area contributed by atoms with Gasteiger partial charge in [-0.25, -0.2) is 4.79 Å². The maximum absolute atomic E-state index is 13.5. The Morgan fingerprint density at radius 1 is 1.03 bits per heavy atom. The van der Waals surface area contributed by atoms with Gasteiger partial charge in [-0.1, -0.05) is 61.9 Å². The number of ether oxygens (including phenoxy) is 1. The van der Waals surface area contributed by atoms with Crippen LogP contribution in [0, 0.1) is 5.92 Å². The van der Waals surface area contributed by atoms with Crippen LogP contribution in [0.25, 0.3) is 11.1 Å². The van der Waals surface area contributed by atoms with Gasteiger partial charge in [0.1, 0.15) is 6.61 Å². The lowest BCUT2D eigenvalue weighted by atomic mass is 9.98. The minimum absolute atomic E-state index is 0.206. The smallest absolute Gasteiger partial charge is 0.417 e. The Kier molecular flexibility index (Phi) is 7.80. The number of carboxylic acid groups (broad SMARTS) is 1. The maximum Gasteiger partial charge on any atom is 0.417 e. The number of benzene rings is 2. The van der Waals surface area contributed by atoms with Crippen molar-refractivity contribution in [3.63, 3.8) is 0 Å². The third-order valence-corrected chi connectivity index (χ3v) is 5.80. The summed E-state index contributed by atoms with van der Waals surface area (Å²) in [6, 6.07) is 12.2. The minimum Gasteiger partial charge on any atom is -0.481 e. The average Bonchev–Trinajstić information content (AvgIpc) is 3.11. The molecule has 182 valence electrons. The molecule has 0 aromatic heterocycles. The molecule has 0 radical (unpaired) electrons. The maximum atomic E-state index is 13.5. The molecule has 3 rings (SSSR count). The summed E-state index contributed by atoms with van der Waals surface area (Å²) < 4.78 is 45.5. The third-order valence-electron chi connectivity index (χ3n) is 5.80. The summed E-state index contributed by atoms with van der Waals surface area (Å²) in [5.74, 6) is -3.49. The number of amides is 2. The lowest BCUT2D eigenvalue weighted by Crippen LogP contribution is -2.55. The van der Waals surface area contributed by atoms with Gasteiger partial charge >= 0.3 is 18.2 Å². The van der Waals surface area contributed by atoms with Crippen LogP contribution in [0.15, 0.2) is 48.5 Å². The van der Waals surface area contributed by atoms with Crippen molar-refractivity contribution in [2.75, 3.05) is 13.2 Å². The number of alkyl carbamates (subject to hydrolysis) is 1. The van der Waals surface area contributed by atoms with E-state index in [2.05, 4.69) is 5.32 Å². The molecule has 2 unspecified atom stereocenters. The van der Waals surface area contributed by atoms with Gasteiger partial charge in [0.05, 0.1) is 0 Å². The van der Waals surface area contributed by atoms with E-state index in [0.29, 0.717) is 6.42 Å². The van der Waals surface area contributed by atoms with Crippen molar-refractivity contribution in [2.45, 2.75) is 37.9 Å². The van der Waals surface area contributed by atoms with Gasteiger partial charge < -0.3 is 20.5 Å². The van der Waals surface area contributed by atoms with Gasteiger partial charge in [0.15, 0.2) is 0 Å². The second kappa shape index (κ2) is 10.6. The summed E-state index contributed by atoms with van der Waals surface area (Å²) in [5.41, 5.74) is 3.72. The van der Waals surface area contributed by atoms with Crippen LogP contribution in [0.5, 0.6) is 0 Å². The third kappa shape index (κ3) is 5.86. The van der Waals surface area contributed by atoms with Gasteiger partial charge in [-0.3, -0.25) is 9.59 Å². The monoisotopic (exact) mass is 478 g/mol. The molecule has 0 saturated heterocycles. The number of carboxylic acids is 1. The minimum atomic E-state index is -5.07. The standard InChI is InChI=1S/C24H25F3N2O5/c1-2-14(11-20(30)31)12-28-22(32)21(24(25,26)27)29-23(33)34-13-19-17-9-5-3-7-15(17)16-8-4-6-10-18(16)19/h3-10,14,19,21H,2,11-13H2,1H3,(H,28,32)(H,29,33)(H,30,31). The predicted molar refractivity (Wildman–Crippen MR) is 117 cm³/mol. The summed E-state index contributed by atoms with van der Waals surface area (Å²) in [5, 5.41) is 12.5. The molecular weight excluding hydrogens is 453 g/mol. The van der Waals surface area contributed by atoms with Gasteiger partial charge in [-0.2, -0.15) is 13.2 Å². The van der Waals surface area contributed by atoms with E-state index in [1.54, 1.807) is 12.2 Å². The van der Waals surface area contributed by atoms with Crippen LogP contribution in [0.4, 0.5) is 18.0 Å². The SMILES string of the molecule is CCC(CNC(=O)C(NC(=O)OCC1c2ccccc2-c2ccccc21)C(F)(F)F)CC(=O)O. The Balaban J connectivity index is 1.64. The second-order valence-electron chi connectivity index (χ2n) is 8.06. The van der Waals surface area contributed by atoms with Crippen LogP contribution >= 0.6 is 0 Å². The highest BCUT2D eigenvalue weighted by Gasteiger charge is 2.46. The molecule has 7 nitrogen and oxygen atoms in total. The van der Waals surface area contributed by atoms with Crippen LogP contribution in [0.2, 0.25) is 0 Å². The van der Waals surface area contributed by atoms with E-state index in [4.69, 9.17) is 9.84 Å². The Labute approximate surface area is 194 Å². The highest BCUT2D eigenvalue weighted by molar-refractivity contribution is 5.86. The molecule has 34 heavy (non-hydrogen) atoms. The molecule has 2 amide bonds. The first-order valence-corrected chi connectivity index (χ1v) is 10.8. The van der Waals surface area contributed by atoms with Crippen molar-refractivity contribution in [1.29, 1.82) is 0 Å². The number of hydrogen-bond acceptors (Lipinski definition) is 4. The predicted octanol–water partition coefficient (Wildman–Crippen LogP) is 4.07. The summed E-state index contributed by atoms with van der Waals surface area (Å²) in [6.45, 7) is 1.19. The van der Waals surface area contributed by atoms with Gasteiger partial charge in [0, 0.05) is 18.9 Å². The molecule has 0 saturated carbocycles. The van der Waals surface area contributed by atoms with Crippen LogP contribution in [0.3, 0.4) is 0 Å².